The topological polar surface area (TPSA) is 79.2 Å². The molecular formula is C17H22N4O2. The quantitative estimate of drug-likeness (QED) is 0.791. The largest absolute Gasteiger partial charge is 0.508 e. The first-order chi connectivity index (χ1) is 11.0. The van der Waals surface area contributed by atoms with Gasteiger partial charge in [-0.05, 0) is 50.3 Å². The number of phenols is 1. The first-order valence-corrected chi connectivity index (χ1v) is 7.93. The number of urea groups is 1. The van der Waals surface area contributed by atoms with Gasteiger partial charge in [-0.2, -0.15) is 5.10 Å². The van der Waals surface area contributed by atoms with E-state index in [0.29, 0.717) is 17.6 Å². The van der Waals surface area contributed by atoms with E-state index in [9.17, 15) is 9.90 Å². The molecule has 1 aromatic heterocycles. The predicted octanol–water partition coefficient (Wildman–Crippen LogP) is 3.44. The van der Waals surface area contributed by atoms with E-state index >= 15 is 0 Å². The highest BCUT2D eigenvalue weighted by atomic mass is 16.3. The van der Waals surface area contributed by atoms with Crippen LogP contribution in [0.5, 0.6) is 5.75 Å². The highest BCUT2D eigenvalue weighted by Gasteiger charge is 2.29. The van der Waals surface area contributed by atoms with Gasteiger partial charge in [-0.25, -0.2) is 4.79 Å². The zero-order valence-electron chi connectivity index (χ0n) is 13.4. The van der Waals surface area contributed by atoms with Gasteiger partial charge in [-0.15, -0.1) is 0 Å². The van der Waals surface area contributed by atoms with E-state index in [1.807, 2.05) is 23.9 Å². The minimum atomic E-state index is -0.292. The number of aromatic hydroxyl groups is 1. The lowest BCUT2D eigenvalue weighted by molar-refractivity contribution is 0.249. The van der Waals surface area contributed by atoms with Crippen molar-refractivity contribution >= 4 is 11.7 Å². The number of rotatable bonds is 5. The highest BCUT2D eigenvalue weighted by Crippen LogP contribution is 2.39. The summed E-state index contributed by atoms with van der Waals surface area (Å²) in [5.41, 5.74) is 1.52. The van der Waals surface area contributed by atoms with Crippen molar-refractivity contribution in [2.45, 2.75) is 38.8 Å². The third-order valence-electron chi connectivity index (χ3n) is 4.30. The highest BCUT2D eigenvalue weighted by molar-refractivity contribution is 5.89. The van der Waals surface area contributed by atoms with Crippen LogP contribution in [0.15, 0.2) is 36.7 Å². The molecule has 23 heavy (non-hydrogen) atoms. The molecule has 1 aliphatic carbocycles. The van der Waals surface area contributed by atoms with Crippen LogP contribution in [0.2, 0.25) is 0 Å². The summed E-state index contributed by atoms with van der Waals surface area (Å²) in [5, 5.41) is 19.5. The number of benzene rings is 1. The molecule has 6 nitrogen and oxygen atoms in total. The van der Waals surface area contributed by atoms with E-state index in [4.69, 9.17) is 0 Å². The zero-order chi connectivity index (χ0) is 16.4. The molecule has 0 aliphatic heterocycles. The number of carbonyl (C=O) groups excluding carboxylic acids is 1. The van der Waals surface area contributed by atoms with Crippen molar-refractivity contribution in [3.05, 3.63) is 42.2 Å². The van der Waals surface area contributed by atoms with Crippen molar-refractivity contribution in [2.24, 2.45) is 5.92 Å². The Kier molecular flexibility index (Phi) is 4.23. The van der Waals surface area contributed by atoms with Crippen LogP contribution >= 0.6 is 0 Å². The minimum absolute atomic E-state index is 0.187. The van der Waals surface area contributed by atoms with Gasteiger partial charge in [-0.1, -0.05) is 12.1 Å². The molecule has 0 unspecified atom stereocenters. The molecule has 0 saturated heterocycles. The van der Waals surface area contributed by atoms with Gasteiger partial charge < -0.3 is 15.7 Å². The maximum atomic E-state index is 12.1. The van der Waals surface area contributed by atoms with Gasteiger partial charge >= 0.3 is 6.03 Å². The van der Waals surface area contributed by atoms with E-state index < -0.39 is 0 Å². The fraction of sp³-hybridized carbons (Fsp3) is 0.412. The number of anilines is 1. The Bertz CT molecular complexity index is 693. The molecule has 1 heterocycles. The van der Waals surface area contributed by atoms with Gasteiger partial charge in [0.2, 0.25) is 0 Å². The van der Waals surface area contributed by atoms with E-state index in [0.717, 1.165) is 5.56 Å². The van der Waals surface area contributed by atoms with Crippen LogP contribution in [0.4, 0.5) is 10.5 Å². The fourth-order valence-corrected chi connectivity index (χ4v) is 2.66. The standard InChI is InChI=1S/C17H22N4O2/c1-11(14-4-3-5-16(22)8-14)19-17(23)20-15-9-18-21(10-15)12(2)13-6-7-13/h3-5,8-13,22H,6-7H2,1-2H3,(H2,19,20,23)/t11-,12+/m0/s1. The second-order valence-electron chi connectivity index (χ2n) is 6.20. The van der Waals surface area contributed by atoms with Crippen LogP contribution in [-0.2, 0) is 0 Å². The van der Waals surface area contributed by atoms with Gasteiger partial charge in [0.1, 0.15) is 5.75 Å². The molecule has 6 heteroatoms. The first kappa shape index (κ1) is 15.4. The molecule has 1 aromatic carbocycles. The van der Waals surface area contributed by atoms with Crippen molar-refractivity contribution in [3.63, 3.8) is 0 Å². The summed E-state index contributed by atoms with van der Waals surface area (Å²) in [6, 6.07) is 6.73. The van der Waals surface area contributed by atoms with Gasteiger partial charge in [-0.3, -0.25) is 4.68 Å². The smallest absolute Gasteiger partial charge is 0.319 e. The molecule has 3 rings (SSSR count). The summed E-state index contributed by atoms with van der Waals surface area (Å²) < 4.78 is 1.91. The molecule has 2 atom stereocenters. The number of amides is 2. The van der Waals surface area contributed by atoms with Crippen molar-refractivity contribution in [3.8, 4) is 5.75 Å². The number of carbonyl (C=O) groups is 1. The van der Waals surface area contributed by atoms with Crippen LogP contribution in [0.25, 0.3) is 0 Å². The minimum Gasteiger partial charge on any atom is -0.508 e. The van der Waals surface area contributed by atoms with E-state index in [1.165, 1.54) is 12.8 Å². The Balaban J connectivity index is 1.56. The molecule has 0 spiro atoms. The number of hydrogen-bond donors (Lipinski definition) is 3. The lowest BCUT2D eigenvalue weighted by atomic mass is 10.1. The molecule has 2 aromatic rings. The fourth-order valence-electron chi connectivity index (χ4n) is 2.66. The first-order valence-electron chi connectivity index (χ1n) is 7.93. The van der Waals surface area contributed by atoms with Crippen molar-refractivity contribution < 1.29 is 9.90 Å². The van der Waals surface area contributed by atoms with E-state index in [1.54, 1.807) is 24.4 Å². The van der Waals surface area contributed by atoms with Crippen molar-refractivity contribution in [2.75, 3.05) is 5.32 Å². The lowest BCUT2D eigenvalue weighted by Gasteiger charge is -2.15. The zero-order valence-corrected chi connectivity index (χ0v) is 13.4. The summed E-state index contributed by atoms with van der Waals surface area (Å²) in [4.78, 5) is 12.1. The van der Waals surface area contributed by atoms with Crippen LogP contribution < -0.4 is 10.6 Å². The molecule has 3 N–H and O–H groups in total. The Morgan fingerprint density at radius 2 is 2.17 bits per heavy atom. The maximum absolute atomic E-state index is 12.1. The summed E-state index contributed by atoms with van der Waals surface area (Å²) in [6.45, 7) is 4.02. The molecule has 1 fully saturated rings. The number of nitrogens with one attached hydrogen (secondary N) is 2. The van der Waals surface area contributed by atoms with Crippen LogP contribution in [-0.4, -0.2) is 20.9 Å². The van der Waals surface area contributed by atoms with Crippen molar-refractivity contribution in [1.82, 2.24) is 15.1 Å². The Labute approximate surface area is 135 Å². The SMILES string of the molecule is C[C@H](NC(=O)Nc1cnn([C@H](C)C2CC2)c1)c1cccc(O)c1. The van der Waals surface area contributed by atoms with Gasteiger partial charge in [0.15, 0.2) is 0 Å². The van der Waals surface area contributed by atoms with Crippen LogP contribution in [0.3, 0.4) is 0 Å². The number of aromatic nitrogens is 2. The van der Waals surface area contributed by atoms with Gasteiger partial charge in [0, 0.05) is 6.20 Å². The summed E-state index contributed by atoms with van der Waals surface area (Å²) in [5.74, 6) is 0.897. The van der Waals surface area contributed by atoms with E-state index in [-0.39, 0.29) is 17.8 Å². The second-order valence-corrected chi connectivity index (χ2v) is 6.20. The Morgan fingerprint density at radius 1 is 1.39 bits per heavy atom. The van der Waals surface area contributed by atoms with Crippen LogP contribution in [0, 0.1) is 5.92 Å². The lowest BCUT2D eigenvalue weighted by Crippen LogP contribution is -2.31. The average Bonchev–Trinajstić information content (AvgIpc) is 3.26. The van der Waals surface area contributed by atoms with Crippen LogP contribution in [0.1, 0.15) is 44.3 Å². The number of nitrogens with zero attached hydrogens (tertiary/aromatic N) is 2. The molecule has 122 valence electrons. The molecule has 1 aliphatic rings. The van der Waals surface area contributed by atoms with E-state index in [2.05, 4.69) is 22.7 Å². The summed E-state index contributed by atoms with van der Waals surface area (Å²) in [7, 11) is 0. The normalized spacial score (nSPS) is 16.6. The Hall–Kier alpha value is -2.50. The second kappa shape index (κ2) is 6.32. The molecule has 0 bridgehead atoms. The maximum Gasteiger partial charge on any atom is 0.319 e. The molecule has 0 radical (unpaired) electrons. The molecule has 1 saturated carbocycles. The number of hydrogen-bond acceptors (Lipinski definition) is 3. The molecular weight excluding hydrogens is 292 g/mol. The van der Waals surface area contributed by atoms with Gasteiger partial charge in [0.05, 0.1) is 24.0 Å². The average molecular weight is 314 g/mol. The Morgan fingerprint density at radius 3 is 2.87 bits per heavy atom. The summed E-state index contributed by atoms with van der Waals surface area (Å²) >= 11 is 0. The number of phenolic OH excluding ortho intramolecular Hbond substituents is 1. The van der Waals surface area contributed by atoms with Crippen molar-refractivity contribution in [1.29, 1.82) is 0 Å². The third kappa shape index (κ3) is 3.83. The third-order valence-corrected chi connectivity index (χ3v) is 4.30. The monoisotopic (exact) mass is 314 g/mol. The predicted molar refractivity (Wildman–Crippen MR) is 88.3 cm³/mol. The van der Waals surface area contributed by atoms with Gasteiger partial charge in [0.25, 0.3) is 0 Å². The molecule has 2 amide bonds. The summed E-state index contributed by atoms with van der Waals surface area (Å²) in [6.07, 6.45) is 6.04.